The molecule has 1 atom stereocenters. The molecule has 8 nitrogen and oxygen atoms in total. The van der Waals surface area contributed by atoms with Crippen LogP contribution in [0.2, 0.25) is 0 Å². The second-order valence-electron chi connectivity index (χ2n) is 7.24. The van der Waals surface area contributed by atoms with Crippen molar-refractivity contribution in [2.45, 2.75) is 25.4 Å². The lowest BCUT2D eigenvalue weighted by atomic mass is 10.2. The minimum atomic E-state index is -0.339. The molecule has 2 aliphatic rings. The lowest BCUT2D eigenvalue weighted by Crippen LogP contribution is -2.36. The molecule has 1 aromatic heterocycles. The molecule has 0 saturated carbocycles. The minimum absolute atomic E-state index is 0.0908. The lowest BCUT2D eigenvalue weighted by Gasteiger charge is -2.17. The van der Waals surface area contributed by atoms with Gasteiger partial charge in [-0.3, -0.25) is 19.4 Å². The van der Waals surface area contributed by atoms with Crippen molar-refractivity contribution < 1.29 is 14.4 Å². The Bertz CT molecular complexity index is 986. The van der Waals surface area contributed by atoms with E-state index in [-0.39, 0.29) is 36.9 Å². The van der Waals surface area contributed by atoms with Crippen molar-refractivity contribution in [2.24, 2.45) is 4.99 Å². The maximum Gasteiger partial charge on any atom is 0.271 e. The molecule has 3 heterocycles. The van der Waals surface area contributed by atoms with Crippen LogP contribution in [0.3, 0.4) is 0 Å². The molecule has 0 bridgehead atoms. The highest BCUT2D eigenvalue weighted by molar-refractivity contribution is 8.14. The molecule has 2 aliphatic heterocycles. The summed E-state index contributed by atoms with van der Waals surface area (Å²) in [5.74, 6) is 0.237. The van der Waals surface area contributed by atoms with Crippen LogP contribution in [0.5, 0.6) is 0 Å². The Kier molecular flexibility index (Phi) is 6.98. The molecule has 1 saturated heterocycles. The first-order valence-corrected chi connectivity index (χ1v) is 12.0. The molecule has 4 rings (SSSR count). The molecule has 2 aromatic rings. The number of aromatic nitrogens is 1. The largest absolute Gasteiger partial charge is 0.346 e. The summed E-state index contributed by atoms with van der Waals surface area (Å²) >= 11 is 2.83. The molecule has 0 aliphatic carbocycles. The first-order valence-electron chi connectivity index (χ1n) is 10.1. The van der Waals surface area contributed by atoms with Crippen molar-refractivity contribution in [3.63, 3.8) is 0 Å². The number of likely N-dealkylation sites (tertiary alicyclic amines) is 1. The number of thiazole rings is 1. The maximum absolute atomic E-state index is 12.4. The van der Waals surface area contributed by atoms with E-state index in [2.05, 4.69) is 20.6 Å². The highest BCUT2D eigenvalue weighted by atomic mass is 32.2. The monoisotopic (exact) mass is 457 g/mol. The highest BCUT2D eigenvalue weighted by Crippen LogP contribution is 2.21. The van der Waals surface area contributed by atoms with E-state index in [1.165, 1.54) is 23.1 Å². The van der Waals surface area contributed by atoms with E-state index in [1.807, 2.05) is 11.0 Å². The van der Waals surface area contributed by atoms with Crippen LogP contribution in [0.15, 0.2) is 40.7 Å². The molecule has 2 N–H and O–H groups in total. The quantitative estimate of drug-likeness (QED) is 0.661. The van der Waals surface area contributed by atoms with Gasteiger partial charge in [-0.2, -0.15) is 0 Å². The van der Waals surface area contributed by atoms with Gasteiger partial charge in [0.2, 0.25) is 5.91 Å². The second-order valence-corrected chi connectivity index (χ2v) is 9.28. The van der Waals surface area contributed by atoms with Crippen LogP contribution in [-0.4, -0.2) is 64.1 Å². The van der Waals surface area contributed by atoms with E-state index >= 15 is 0 Å². The molecule has 0 unspecified atom stereocenters. The van der Waals surface area contributed by atoms with Gasteiger partial charge in [0.1, 0.15) is 16.7 Å². The number of hydrogen-bond acceptors (Lipinski definition) is 7. The fourth-order valence-electron chi connectivity index (χ4n) is 3.39. The van der Waals surface area contributed by atoms with Crippen LogP contribution >= 0.6 is 23.1 Å². The number of nitrogens with one attached hydrogen (secondary N) is 2. The first kappa shape index (κ1) is 21.5. The number of benzene rings is 1. The Labute approximate surface area is 188 Å². The number of carbonyl (C=O) groups is 3. The van der Waals surface area contributed by atoms with Crippen molar-refractivity contribution in [1.82, 2.24) is 20.5 Å². The van der Waals surface area contributed by atoms with Crippen molar-refractivity contribution >= 4 is 45.9 Å². The van der Waals surface area contributed by atoms with Crippen LogP contribution in [0, 0.1) is 0 Å². The first-order chi connectivity index (χ1) is 15.1. The summed E-state index contributed by atoms with van der Waals surface area (Å²) in [5.41, 5.74) is 0.885. The van der Waals surface area contributed by atoms with Gasteiger partial charge in [0.15, 0.2) is 0 Å². The number of thioether (sulfide) groups is 1. The zero-order valence-electron chi connectivity index (χ0n) is 16.9. The number of aliphatic imine (C=N–C) groups is 1. The molecular formula is C21H23N5O3S2. The predicted octanol–water partition coefficient (Wildman–Crippen LogP) is 1.94. The zero-order chi connectivity index (χ0) is 21.6. The SMILES string of the molecule is O=C(NCc1nc(C(=O)NCC2=N[C@@H](C(=O)N3CCCC3)CS2)cs1)c1ccccc1. The number of hydrogen-bond donors (Lipinski definition) is 2. The fraction of sp³-hybridized carbons (Fsp3) is 0.381. The maximum atomic E-state index is 12.4. The van der Waals surface area contributed by atoms with Gasteiger partial charge in [-0.1, -0.05) is 18.2 Å². The van der Waals surface area contributed by atoms with Crippen molar-refractivity contribution in [1.29, 1.82) is 0 Å². The third-order valence-electron chi connectivity index (χ3n) is 5.03. The summed E-state index contributed by atoms with van der Waals surface area (Å²) < 4.78 is 0. The zero-order valence-corrected chi connectivity index (χ0v) is 18.5. The second kappa shape index (κ2) is 10.1. The molecule has 3 amide bonds. The summed E-state index contributed by atoms with van der Waals surface area (Å²) in [7, 11) is 0. The van der Waals surface area contributed by atoms with Crippen LogP contribution in [0.4, 0.5) is 0 Å². The Morgan fingerprint density at radius 2 is 1.77 bits per heavy atom. The van der Waals surface area contributed by atoms with Gasteiger partial charge in [-0.05, 0) is 25.0 Å². The van der Waals surface area contributed by atoms with Gasteiger partial charge in [0, 0.05) is 29.8 Å². The standard InChI is InChI=1S/C21H23N5O3S2/c27-19(14-6-2-1-3-7-14)22-10-17-24-15(12-30-17)20(28)23-11-18-25-16(13-31-18)21(29)26-8-4-5-9-26/h1-3,6-7,12,16H,4-5,8-11,13H2,(H,22,27)(H,23,28)/t16-/m1/s1. The number of carbonyl (C=O) groups excluding carboxylic acids is 3. The van der Waals surface area contributed by atoms with Crippen LogP contribution in [0.25, 0.3) is 0 Å². The van der Waals surface area contributed by atoms with E-state index < -0.39 is 0 Å². The van der Waals surface area contributed by atoms with Crippen LogP contribution < -0.4 is 10.6 Å². The summed E-state index contributed by atoms with van der Waals surface area (Å²) in [6.07, 6.45) is 2.12. The summed E-state index contributed by atoms with van der Waals surface area (Å²) in [6.45, 7) is 2.18. The Morgan fingerprint density at radius 3 is 2.55 bits per heavy atom. The topological polar surface area (TPSA) is 104 Å². The van der Waals surface area contributed by atoms with Gasteiger partial charge >= 0.3 is 0 Å². The predicted molar refractivity (Wildman–Crippen MR) is 122 cm³/mol. The molecule has 0 spiro atoms. The third-order valence-corrected chi connectivity index (χ3v) is 6.95. The van der Waals surface area contributed by atoms with E-state index in [0.717, 1.165) is 31.0 Å². The Morgan fingerprint density at radius 1 is 1.03 bits per heavy atom. The molecule has 31 heavy (non-hydrogen) atoms. The van der Waals surface area contributed by atoms with Gasteiger partial charge in [0.25, 0.3) is 11.8 Å². The summed E-state index contributed by atoms with van der Waals surface area (Å²) in [5, 5.41) is 8.70. The van der Waals surface area contributed by atoms with Crippen molar-refractivity contribution in [3.05, 3.63) is 52.0 Å². The minimum Gasteiger partial charge on any atom is -0.346 e. The number of rotatable bonds is 7. The summed E-state index contributed by atoms with van der Waals surface area (Å²) in [6, 6.07) is 8.60. The normalized spacial score (nSPS) is 18.0. The van der Waals surface area contributed by atoms with E-state index in [4.69, 9.17) is 0 Å². The molecule has 1 aromatic carbocycles. The fourth-order valence-corrected chi connectivity index (χ4v) is 5.04. The number of nitrogens with zero attached hydrogens (tertiary/aromatic N) is 3. The molecule has 1 fully saturated rings. The Balaban J connectivity index is 1.24. The van der Waals surface area contributed by atoms with Gasteiger partial charge in [-0.15, -0.1) is 23.1 Å². The molecular weight excluding hydrogens is 434 g/mol. The van der Waals surface area contributed by atoms with E-state index in [1.54, 1.807) is 29.6 Å². The highest BCUT2D eigenvalue weighted by Gasteiger charge is 2.30. The average molecular weight is 458 g/mol. The Hall–Kier alpha value is -2.72. The van der Waals surface area contributed by atoms with E-state index in [9.17, 15) is 14.4 Å². The number of amides is 3. The third kappa shape index (κ3) is 5.50. The average Bonchev–Trinajstić information content (AvgIpc) is 3.57. The molecule has 162 valence electrons. The van der Waals surface area contributed by atoms with Gasteiger partial charge in [0.05, 0.1) is 18.1 Å². The smallest absolute Gasteiger partial charge is 0.271 e. The van der Waals surface area contributed by atoms with Crippen LogP contribution in [-0.2, 0) is 11.3 Å². The van der Waals surface area contributed by atoms with Gasteiger partial charge < -0.3 is 15.5 Å². The van der Waals surface area contributed by atoms with Crippen molar-refractivity contribution in [2.75, 3.05) is 25.4 Å². The van der Waals surface area contributed by atoms with E-state index in [0.29, 0.717) is 22.0 Å². The molecule has 0 radical (unpaired) electrons. The molecule has 10 heteroatoms. The van der Waals surface area contributed by atoms with Crippen LogP contribution in [0.1, 0.15) is 38.7 Å². The van der Waals surface area contributed by atoms with Crippen molar-refractivity contribution in [3.8, 4) is 0 Å². The summed E-state index contributed by atoms with van der Waals surface area (Å²) in [4.78, 5) is 47.6. The van der Waals surface area contributed by atoms with Gasteiger partial charge in [-0.25, -0.2) is 4.98 Å². The lowest BCUT2D eigenvalue weighted by molar-refractivity contribution is -0.130.